The quantitative estimate of drug-likeness (QED) is 0.311. The van der Waals surface area contributed by atoms with Gasteiger partial charge in [0, 0.05) is 0 Å². The molecule has 0 aliphatic rings. The zero-order valence-corrected chi connectivity index (χ0v) is 5.73. The first-order valence-electron chi connectivity index (χ1n) is 0.775. The van der Waals surface area contributed by atoms with Crippen molar-refractivity contribution in [3.05, 3.63) is 0 Å². The molecule has 0 saturated carbocycles. The van der Waals surface area contributed by atoms with Crippen molar-refractivity contribution in [2.24, 2.45) is 0 Å². The van der Waals surface area contributed by atoms with Crippen LogP contribution >= 0.6 is 0 Å². The number of rotatable bonds is 0. The van der Waals surface area contributed by atoms with E-state index in [9.17, 15) is 0 Å². The molecule has 7 heteroatoms. The zero-order chi connectivity index (χ0) is 3.58. The molecule has 40 valence electrons. The molecular weight excluding hydrogens is 131 g/mol. The number of hydrogen-bond acceptors (Lipinski definition) is 5. The van der Waals surface area contributed by atoms with Crippen molar-refractivity contribution in [3.8, 4) is 0 Å². The molecule has 0 fully saturated rings. The molecule has 5 nitrogen and oxygen atoms in total. The van der Waals surface area contributed by atoms with Gasteiger partial charge >= 0.3 is 45.1 Å². The van der Waals surface area contributed by atoms with E-state index in [-0.39, 0.29) is 48.7 Å². The van der Waals surface area contributed by atoms with Gasteiger partial charge in [0.2, 0.25) is 0 Å². The van der Waals surface area contributed by atoms with Gasteiger partial charge in [-0.25, -0.2) is 0 Å². The van der Waals surface area contributed by atoms with Crippen LogP contribution in [0.1, 0.15) is 0 Å². The summed E-state index contributed by atoms with van der Waals surface area (Å²) in [7, 11) is -2.17. The fraction of sp³-hybridized carbons (Fsp3) is 0. The maximum atomic E-state index is 7.17. The van der Waals surface area contributed by atoms with Crippen LogP contribution in [0.25, 0.3) is 0 Å². The van der Waals surface area contributed by atoms with Gasteiger partial charge in [-0.2, -0.15) is 0 Å². The largest absolute Gasteiger partial charge is 2.00 e. The topological polar surface area (TPSA) is 121 Å². The second-order valence-electron chi connectivity index (χ2n) is 0.346. The summed E-state index contributed by atoms with van der Waals surface area (Å²) in [6, 6.07) is 0. The first-order chi connectivity index (χ1) is 1.73. The summed E-state index contributed by atoms with van der Waals surface area (Å²) in [6.07, 6.45) is 0. The Hall–Kier alpha value is 1.12. The standard InChI is InChI=1S/BH3O3.Ca.2H2O/c2-1(3)4;;;/h2-4H;;2*1H2/q;+2;;/p-2. The summed E-state index contributed by atoms with van der Waals surface area (Å²) < 4.78 is 0. The average Bonchev–Trinajstić information content (AvgIpc) is 0.811. The third kappa shape index (κ3) is 148. The molecule has 0 aromatic rings. The monoisotopic (exact) mass is 136 g/mol. The van der Waals surface area contributed by atoms with Gasteiger partial charge < -0.3 is 26.0 Å². The van der Waals surface area contributed by atoms with Gasteiger partial charge in [-0.3, -0.25) is 0 Å². The Balaban J connectivity index is -0.0000000150. The van der Waals surface area contributed by atoms with Crippen LogP contribution in [0.5, 0.6) is 0 Å². The Morgan fingerprint density at radius 2 is 0.857 bits per heavy atom. The molecule has 0 bridgehead atoms. The molecule has 0 aliphatic carbocycles. The molecule has 0 spiro atoms. The van der Waals surface area contributed by atoms with Crippen molar-refractivity contribution in [2.75, 3.05) is 0 Å². The van der Waals surface area contributed by atoms with Crippen LogP contribution in [0.4, 0.5) is 0 Å². The summed E-state index contributed by atoms with van der Waals surface area (Å²) in [5, 5.41) is 21.5. The molecule has 0 atom stereocenters. The van der Waals surface area contributed by atoms with E-state index >= 15 is 0 Å². The average molecular weight is 136 g/mol. The summed E-state index contributed by atoms with van der Waals surface area (Å²) in [5.74, 6) is 0. The summed E-state index contributed by atoms with van der Waals surface area (Å²) >= 11 is 0. The Kier molecular flexibility index (Phi) is 54.4. The summed E-state index contributed by atoms with van der Waals surface area (Å²) in [6.45, 7) is 0. The first kappa shape index (κ1) is 24.2. The molecule has 0 heterocycles. The van der Waals surface area contributed by atoms with Crippen molar-refractivity contribution in [1.82, 2.24) is 0 Å². The Labute approximate surface area is 70.8 Å². The van der Waals surface area contributed by atoms with E-state index < -0.39 is 7.32 Å². The second-order valence-corrected chi connectivity index (χ2v) is 0.346. The third-order valence-electron chi connectivity index (χ3n) is 0. The van der Waals surface area contributed by atoms with Crippen LogP contribution in [0.3, 0.4) is 0 Å². The summed E-state index contributed by atoms with van der Waals surface area (Å²) in [4.78, 5) is 0. The molecule has 7 heavy (non-hydrogen) atoms. The van der Waals surface area contributed by atoms with E-state index in [4.69, 9.17) is 15.1 Å². The molecule has 0 unspecified atom stereocenters. The second kappa shape index (κ2) is 15.7. The van der Waals surface area contributed by atoms with Crippen LogP contribution in [-0.4, -0.2) is 71.1 Å². The predicted molar refractivity (Wildman–Crippen MR) is 22.0 cm³/mol. The molecule has 0 aliphatic heterocycles. The first-order valence-corrected chi connectivity index (χ1v) is 0.775. The third-order valence-corrected chi connectivity index (χ3v) is 0. The van der Waals surface area contributed by atoms with Gasteiger partial charge in [0.15, 0.2) is 0 Å². The maximum Gasteiger partial charge on any atom is 2.00 e. The van der Waals surface area contributed by atoms with Crippen molar-refractivity contribution >= 4 is 45.1 Å². The minimum atomic E-state index is -2.17. The van der Waals surface area contributed by atoms with Gasteiger partial charge in [-0.05, 0) is 0 Å². The molecule has 0 aromatic carbocycles. The van der Waals surface area contributed by atoms with Crippen LogP contribution < -0.4 is 0 Å². The Morgan fingerprint density at radius 1 is 0.857 bits per heavy atom. The molecule has 0 rings (SSSR count). The number of hydrogen-bond donors (Lipinski definition) is 3. The fourth-order valence-corrected chi connectivity index (χ4v) is 0. The van der Waals surface area contributed by atoms with Crippen molar-refractivity contribution in [1.29, 1.82) is 0 Å². The molecular formula is H5BCaO5. The molecule has 0 saturated heterocycles. The maximum absolute atomic E-state index is 7.17. The van der Waals surface area contributed by atoms with Crippen LogP contribution in [0.15, 0.2) is 0 Å². The molecule has 0 radical (unpaired) electrons. The van der Waals surface area contributed by atoms with Crippen LogP contribution in [0.2, 0.25) is 0 Å². The van der Waals surface area contributed by atoms with Crippen LogP contribution in [-0.2, 0) is 0 Å². The van der Waals surface area contributed by atoms with Crippen LogP contribution in [0, 0.1) is 0 Å². The van der Waals surface area contributed by atoms with E-state index in [1.807, 2.05) is 0 Å². The summed E-state index contributed by atoms with van der Waals surface area (Å²) in [5.41, 5.74) is 0. The van der Waals surface area contributed by atoms with Crippen molar-refractivity contribution in [3.63, 3.8) is 0 Å². The van der Waals surface area contributed by atoms with Gasteiger partial charge in [-0.15, -0.1) is 0 Å². The van der Waals surface area contributed by atoms with Gasteiger partial charge in [-0.1, -0.05) is 0 Å². The zero-order valence-electron chi connectivity index (χ0n) is 3.52. The van der Waals surface area contributed by atoms with Crippen molar-refractivity contribution < 1.29 is 26.0 Å². The Bertz CT molecular complexity index is 12.8. The smallest absolute Gasteiger partial charge is 0.870 e. The predicted octanol–water partition coefficient (Wildman–Crippen LogP) is -2.79. The minimum absolute atomic E-state index is 0. The van der Waals surface area contributed by atoms with E-state index in [1.54, 1.807) is 0 Å². The van der Waals surface area contributed by atoms with E-state index in [2.05, 4.69) is 0 Å². The van der Waals surface area contributed by atoms with E-state index in [1.165, 1.54) is 0 Å². The minimum Gasteiger partial charge on any atom is -0.870 e. The molecule has 0 aromatic heterocycles. The SMILES string of the molecule is OB(O)O.[Ca+2].[OH-].[OH-]. The van der Waals surface area contributed by atoms with Crippen molar-refractivity contribution in [2.45, 2.75) is 0 Å². The van der Waals surface area contributed by atoms with Gasteiger partial charge in [0.05, 0.1) is 0 Å². The fourth-order valence-electron chi connectivity index (χ4n) is 0. The van der Waals surface area contributed by atoms with E-state index in [0.717, 1.165) is 0 Å². The van der Waals surface area contributed by atoms with Gasteiger partial charge in [0.25, 0.3) is 0 Å². The Morgan fingerprint density at radius 3 is 0.857 bits per heavy atom. The molecule has 5 N–H and O–H groups in total. The normalized spacial score (nSPS) is 3.86. The van der Waals surface area contributed by atoms with Gasteiger partial charge in [0.1, 0.15) is 0 Å². The molecule has 0 amide bonds. The van der Waals surface area contributed by atoms with E-state index in [0.29, 0.717) is 0 Å².